The van der Waals surface area contributed by atoms with Crippen molar-refractivity contribution in [1.82, 2.24) is 0 Å². The van der Waals surface area contributed by atoms with E-state index in [1.807, 2.05) is 37.0 Å². The lowest BCUT2D eigenvalue weighted by Crippen LogP contribution is -2.05. The van der Waals surface area contributed by atoms with Crippen LogP contribution in [0.4, 0.5) is 0 Å². The van der Waals surface area contributed by atoms with Crippen LogP contribution in [0.5, 0.6) is 0 Å². The largest absolute Gasteiger partial charge is 0.369 e. The van der Waals surface area contributed by atoms with Gasteiger partial charge in [-0.2, -0.15) is 0 Å². The van der Waals surface area contributed by atoms with E-state index in [9.17, 15) is 4.57 Å². The predicted molar refractivity (Wildman–Crippen MR) is 74.0 cm³/mol. The van der Waals surface area contributed by atoms with Gasteiger partial charge in [-0.3, -0.25) is 0 Å². The number of ether oxygens (including phenoxy) is 1. The molecule has 0 aromatic heterocycles. The summed E-state index contributed by atoms with van der Waals surface area (Å²) in [6.45, 7) is 6.69. The molecule has 96 valence electrons. The summed E-state index contributed by atoms with van der Waals surface area (Å²) in [7, 11) is -2.12. The highest BCUT2D eigenvalue weighted by Crippen LogP contribution is 2.43. The van der Waals surface area contributed by atoms with Crippen LogP contribution in [0.25, 0.3) is 0 Å². The molecular formula is C14H23O2P. The Labute approximate surface area is 105 Å². The van der Waals surface area contributed by atoms with Crippen LogP contribution < -0.4 is 0 Å². The second-order valence-electron chi connectivity index (χ2n) is 4.96. The molecule has 1 unspecified atom stereocenters. The van der Waals surface area contributed by atoms with E-state index in [0.29, 0.717) is 18.9 Å². The highest BCUT2D eigenvalue weighted by Gasteiger charge is 2.18. The molecule has 0 spiro atoms. The molecule has 0 aliphatic heterocycles. The average molecular weight is 254 g/mol. The molecule has 0 N–H and O–H groups in total. The molecule has 0 aliphatic carbocycles. The van der Waals surface area contributed by atoms with Crippen molar-refractivity contribution in [2.75, 3.05) is 19.2 Å². The Balaban J connectivity index is 2.33. The number of rotatable bonds is 7. The summed E-state index contributed by atoms with van der Waals surface area (Å²) in [5.74, 6) is 0.520. The molecule has 0 heterocycles. The maximum absolute atomic E-state index is 12.2. The third-order valence-electron chi connectivity index (χ3n) is 2.87. The fraction of sp³-hybridized carbons (Fsp3) is 0.571. The summed E-state index contributed by atoms with van der Waals surface area (Å²) in [6.07, 6.45) is 2.26. The minimum Gasteiger partial charge on any atom is -0.369 e. The molecule has 1 rings (SSSR count). The van der Waals surface area contributed by atoms with Crippen LogP contribution in [-0.4, -0.2) is 19.2 Å². The molecule has 2 atom stereocenters. The lowest BCUT2D eigenvalue weighted by molar-refractivity contribution is 0.162. The second kappa shape index (κ2) is 6.98. The zero-order chi connectivity index (χ0) is 12.7. The molecule has 2 nitrogen and oxygen atoms in total. The van der Waals surface area contributed by atoms with Crippen LogP contribution in [0.3, 0.4) is 0 Å². The summed E-state index contributed by atoms with van der Waals surface area (Å²) >= 11 is 0. The quantitative estimate of drug-likeness (QED) is 0.682. The Morgan fingerprint density at radius 3 is 2.53 bits per heavy atom. The van der Waals surface area contributed by atoms with Gasteiger partial charge in [0.05, 0.1) is 13.0 Å². The van der Waals surface area contributed by atoms with Crippen molar-refractivity contribution < 1.29 is 9.30 Å². The molecule has 3 heteroatoms. The first kappa shape index (κ1) is 14.5. The Morgan fingerprint density at radius 1 is 1.29 bits per heavy atom. The first-order valence-corrected chi connectivity index (χ1v) is 8.73. The van der Waals surface area contributed by atoms with Crippen molar-refractivity contribution in [3.05, 3.63) is 35.9 Å². The van der Waals surface area contributed by atoms with Crippen LogP contribution in [-0.2, 0) is 15.9 Å². The highest BCUT2D eigenvalue weighted by atomic mass is 31.2. The van der Waals surface area contributed by atoms with Crippen LogP contribution in [0.1, 0.15) is 25.8 Å². The second-order valence-corrected chi connectivity index (χ2v) is 8.17. The number of hydrogen-bond acceptors (Lipinski definition) is 2. The lowest BCUT2D eigenvalue weighted by Gasteiger charge is -2.17. The fourth-order valence-corrected chi connectivity index (χ4v) is 3.93. The van der Waals surface area contributed by atoms with Gasteiger partial charge < -0.3 is 9.30 Å². The van der Waals surface area contributed by atoms with Crippen LogP contribution in [0.15, 0.2) is 30.3 Å². The molecule has 1 aromatic rings. The number of benzene rings is 1. The molecule has 0 aliphatic rings. The first-order valence-electron chi connectivity index (χ1n) is 6.20. The van der Waals surface area contributed by atoms with Gasteiger partial charge in [0.15, 0.2) is 0 Å². The normalized spacial score (nSPS) is 16.4. The summed E-state index contributed by atoms with van der Waals surface area (Å²) < 4.78 is 17.8. The van der Waals surface area contributed by atoms with Gasteiger partial charge in [-0.15, -0.1) is 0 Å². The minimum absolute atomic E-state index is 0.395. The Bertz CT molecular complexity index is 362. The van der Waals surface area contributed by atoms with Gasteiger partial charge in [-0.25, -0.2) is 0 Å². The van der Waals surface area contributed by atoms with Crippen molar-refractivity contribution in [2.45, 2.75) is 26.9 Å². The van der Waals surface area contributed by atoms with Crippen molar-refractivity contribution >= 4 is 7.14 Å². The van der Waals surface area contributed by atoms with Gasteiger partial charge in [0, 0.05) is 6.16 Å². The van der Waals surface area contributed by atoms with Gasteiger partial charge >= 0.3 is 0 Å². The van der Waals surface area contributed by atoms with Crippen LogP contribution in [0, 0.1) is 5.92 Å². The van der Waals surface area contributed by atoms with Crippen LogP contribution in [0.2, 0.25) is 0 Å². The number of hydrogen-bond donors (Lipinski definition) is 0. The van der Waals surface area contributed by atoms with Crippen LogP contribution >= 0.6 is 7.14 Å². The fourth-order valence-electron chi connectivity index (χ4n) is 1.77. The smallest absolute Gasteiger partial charge is 0.109 e. The van der Waals surface area contributed by atoms with E-state index in [4.69, 9.17) is 4.74 Å². The molecule has 0 saturated heterocycles. The topological polar surface area (TPSA) is 26.3 Å². The monoisotopic (exact) mass is 254 g/mol. The summed E-state index contributed by atoms with van der Waals surface area (Å²) in [5.41, 5.74) is 1.14. The van der Waals surface area contributed by atoms with Gasteiger partial charge in [0.1, 0.15) is 7.14 Å². The predicted octanol–water partition coefficient (Wildman–Crippen LogP) is 4.20. The molecule has 17 heavy (non-hydrogen) atoms. The molecule has 0 radical (unpaired) electrons. The molecule has 0 fully saturated rings. The summed E-state index contributed by atoms with van der Waals surface area (Å²) in [6, 6.07) is 10.0. The van der Waals surface area contributed by atoms with E-state index in [-0.39, 0.29) is 0 Å². The highest BCUT2D eigenvalue weighted by molar-refractivity contribution is 7.62. The van der Waals surface area contributed by atoms with Gasteiger partial charge in [-0.05, 0) is 18.1 Å². The Kier molecular flexibility index (Phi) is 5.94. The van der Waals surface area contributed by atoms with E-state index < -0.39 is 7.14 Å². The first-order chi connectivity index (χ1) is 8.03. The zero-order valence-electron chi connectivity index (χ0n) is 11.1. The van der Waals surface area contributed by atoms with Crippen molar-refractivity contribution in [3.63, 3.8) is 0 Å². The van der Waals surface area contributed by atoms with E-state index in [0.717, 1.165) is 18.1 Å². The maximum atomic E-state index is 12.2. The third-order valence-corrected chi connectivity index (χ3v) is 5.00. The SMILES string of the molecule is CCC(C)C[P@](C)(=O)COCc1ccccc1. The Hall–Kier alpha value is -0.590. The summed E-state index contributed by atoms with van der Waals surface area (Å²) in [4.78, 5) is 0. The minimum atomic E-state index is -2.12. The Morgan fingerprint density at radius 2 is 1.94 bits per heavy atom. The van der Waals surface area contributed by atoms with Gasteiger partial charge in [0.2, 0.25) is 0 Å². The van der Waals surface area contributed by atoms with E-state index in [1.54, 1.807) is 0 Å². The van der Waals surface area contributed by atoms with E-state index in [1.165, 1.54) is 0 Å². The van der Waals surface area contributed by atoms with Gasteiger partial charge in [-0.1, -0.05) is 50.6 Å². The standard InChI is InChI=1S/C14H23O2P/c1-4-13(2)11-17(3,15)12-16-10-14-8-6-5-7-9-14/h5-9,13H,4,10-12H2,1-3H3/t13?,17-/m0/s1. The summed E-state index contributed by atoms with van der Waals surface area (Å²) in [5, 5.41) is 0. The van der Waals surface area contributed by atoms with E-state index >= 15 is 0 Å². The molecule has 0 amide bonds. The van der Waals surface area contributed by atoms with E-state index in [2.05, 4.69) is 13.8 Å². The maximum Gasteiger partial charge on any atom is 0.109 e. The van der Waals surface area contributed by atoms with Crippen molar-refractivity contribution in [2.24, 2.45) is 5.92 Å². The third kappa shape index (κ3) is 6.05. The van der Waals surface area contributed by atoms with Crippen molar-refractivity contribution in [1.29, 1.82) is 0 Å². The molecule has 0 saturated carbocycles. The van der Waals surface area contributed by atoms with Crippen molar-refractivity contribution in [3.8, 4) is 0 Å². The lowest BCUT2D eigenvalue weighted by atomic mass is 10.2. The zero-order valence-corrected chi connectivity index (χ0v) is 12.0. The molecule has 0 bridgehead atoms. The molecular weight excluding hydrogens is 231 g/mol. The molecule has 1 aromatic carbocycles. The average Bonchev–Trinajstić information content (AvgIpc) is 2.29. The van der Waals surface area contributed by atoms with Gasteiger partial charge in [0.25, 0.3) is 0 Å².